The SMILES string of the molecule is CCOC(=O)COc1cc2ncnc(N3CCc4ccc(Cl)cc43)c2cc1OC. The summed E-state index contributed by atoms with van der Waals surface area (Å²) in [5, 5.41) is 1.50. The molecule has 0 unspecified atom stereocenters. The first kappa shape index (κ1) is 19.3. The lowest BCUT2D eigenvalue weighted by atomic mass is 10.1. The highest BCUT2D eigenvalue weighted by Crippen LogP contribution is 2.40. The molecule has 0 fully saturated rings. The normalized spacial score (nSPS) is 12.7. The van der Waals surface area contributed by atoms with Crippen LogP contribution in [-0.2, 0) is 16.0 Å². The summed E-state index contributed by atoms with van der Waals surface area (Å²) in [6.07, 6.45) is 2.43. The molecule has 0 saturated heterocycles. The van der Waals surface area contributed by atoms with Crippen LogP contribution in [0.2, 0.25) is 5.02 Å². The molecule has 150 valence electrons. The molecule has 7 nitrogen and oxygen atoms in total. The molecule has 1 aliphatic heterocycles. The van der Waals surface area contributed by atoms with Gasteiger partial charge in [0.2, 0.25) is 0 Å². The summed E-state index contributed by atoms with van der Waals surface area (Å²) in [6, 6.07) is 9.47. The van der Waals surface area contributed by atoms with E-state index in [-0.39, 0.29) is 6.61 Å². The predicted molar refractivity (Wildman–Crippen MR) is 110 cm³/mol. The summed E-state index contributed by atoms with van der Waals surface area (Å²) in [4.78, 5) is 22.6. The molecule has 0 spiro atoms. The third-order valence-corrected chi connectivity index (χ3v) is 4.98. The molecule has 0 bridgehead atoms. The average Bonchev–Trinajstić information content (AvgIpc) is 3.14. The molecule has 29 heavy (non-hydrogen) atoms. The van der Waals surface area contributed by atoms with Crippen LogP contribution in [0.3, 0.4) is 0 Å². The molecule has 0 atom stereocenters. The quantitative estimate of drug-likeness (QED) is 0.567. The topological polar surface area (TPSA) is 73.8 Å². The van der Waals surface area contributed by atoms with Gasteiger partial charge in [0.25, 0.3) is 0 Å². The van der Waals surface area contributed by atoms with Crippen molar-refractivity contribution in [3.63, 3.8) is 0 Å². The number of fused-ring (bicyclic) bond motifs is 2. The van der Waals surface area contributed by atoms with E-state index in [1.165, 1.54) is 11.9 Å². The maximum Gasteiger partial charge on any atom is 0.344 e. The maximum atomic E-state index is 11.6. The van der Waals surface area contributed by atoms with Crippen molar-refractivity contribution in [2.24, 2.45) is 0 Å². The molecular weight excluding hydrogens is 394 g/mol. The number of nitrogens with zero attached hydrogens (tertiary/aromatic N) is 3. The number of hydrogen-bond donors (Lipinski definition) is 0. The Morgan fingerprint density at radius 3 is 2.86 bits per heavy atom. The number of anilines is 2. The molecular formula is C21H20ClN3O4. The van der Waals surface area contributed by atoms with Gasteiger partial charge in [0, 0.05) is 28.7 Å². The largest absolute Gasteiger partial charge is 0.493 e. The summed E-state index contributed by atoms with van der Waals surface area (Å²) < 4.78 is 16.0. The first-order chi connectivity index (χ1) is 14.1. The third kappa shape index (κ3) is 3.78. The molecule has 0 aliphatic carbocycles. The van der Waals surface area contributed by atoms with Crippen molar-refractivity contribution in [1.82, 2.24) is 9.97 Å². The smallest absolute Gasteiger partial charge is 0.344 e. The van der Waals surface area contributed by atoms with Crippen LogP contribution in [0.4, 0.5) is 11.5 Å². The lowest BCUT2D eigenvalue weighted by molar-refractivity contribution is -0.145. The molecule has 0 radical (unpaired) electrons. The van der Waals surface area contributed by atoms with E-state index in [4.69, 9.17) is 25.8 Å². The van der Waals surface area contributed by atoms with E-state index in [9.17, 15) is 4.79 Å². The number of hydrogen-bond acceptors (Lipinski definition) is 7. The number of rotatable bonds is 6. The van der Waals surface area contributed by atoms with Crippen molar-refractivity contribution in [2.75, 3.05) is 31.8 Å². The Morgan fingerprint density at radius 2 is 2.07 bits per heavy atom. The van der Waals surface area contributed by atoms with E-state index in [1.807, 2.05) is 24.3 Å². The Kier molecular flexibility index (Phi) is 5.40. The third-order valence-electron chi connectivity index (χ3n) is 4.75. The van der Waals surface area contributed by atoms with Gasteiger partial charge in [-0.2, -0.15) is 0 Å². The number of aromatic nitrogens is 2. The van der Waals surface area contributed by atoms with Gasteiger partial charge in [-0.1, -0.05) is 17.7 Å². The lowest BCUT2D eigenvalue weighted by Gasteiger charge is -2.21. The van der Waals surface area contributed by atoms with Crippen LogP contribution in [-0.4, -0.2) is 42.8 Å². The number of carbonyl (C=O) groups excluding carboxylic acids is 1. The van der Waals surface area contributed by atoms with Gasteiger partial charge in [0.1, 0.15) is 12.1 Å². The molecule has 2 heterocycles. The molecule has 3 aromatic rings. The molecule has 1 aliphatic rings. The van der Waals surface area contributed by atoms with Crippen LogP contribution in [0.5, 0.6) is 11.5 Å². The number of benzene rings is 2. The Hall–Kier alpha value is -3.06. The summed E-state index contributed by atoms with van der Waals surface area (Å²) >= 11 is 6.21. The zero-order chi connectivity index (χ0) is 20.4. The minimum atomic E-state index is -0.441. The number of ether oxygens (including phenoxy) is 3. The van der Waals surface area contributed by atoms with Crippen LogP contribution in [0.15, 0.2) is 36.7 Å². The van der Waals surface area contributed by atoms with Gasteiger partial charge < -0.3 is 19.1 Å². The Labute approximate surface area is 173 Å². The van der Waals surface area contributed by atoms with Crippen LogP contribution in [0, 0.1) is 0 Å². The highest BCUT2D eigenvalue weighted by atomic mass is 35.5. The first-order valence-electron chi connectivity index (χ1n) is 9.28. The van der Waals surface area contributed by atoms with Crippen molar-refractivity contribution in [2.45, 2.75) is 13.3 Å². The zero-order valence-electron chi connectivity index (χ0n) is 16.1. The fourth-order valence-corrected chi connectivity index (χ4v) is 3.62. The fraction of sp³-hybridized carbons (Fsp3) is 0.286. The molecule has 2 aromatic carbocycles. The Bertz CT molecular complexity index is 1070. The second-order valence-electron chi connectivity index (χ2n) is 6.49. The number of esters is 1. The second-order valence-corrected chi connectivity index (χ2v) is 6.92. The van der Waals surface area contributed by atoms with E-state index in [1.54, 1.807) is 20.1 Å². The molecule has 1 aromatic heterocycles. The highest BCUT2D eigenvalue weighted by molar-refractivity contribution is 6.31. The van der Waals surface area contributed by atoms with Gasteiger partial charge >= 0.3 is 5.97 Å². The van der Waals surface area contributed by atoms with Gasteiger partial charge in [-0.15, -0.1) is 0 Å². The lowest BCUT2D eigenvalue weighted by Crippen LogP contribution is -2.16. The van der Waals surface area contributed by atoms with E-state index < -0.39 is 5.97 Å². The summed E-state index contributed by atoms with van der Waals surface area (Å²) in [7, 11) is 1.55. The van der Waals surface area contributed by atoms with Crippen molar-refractivity contribution < 1.29 is 19.0 Å². The Balaban J connectivity index is 1.73. The first-order valence-corrected chi connectivity index (χ1v) is 9.65. The Morgan fingerprint density at radius 1 is 1.21 bits per heavy atom. The molecule has 0 amide bonds. The van der Waals surface area contributed by atoms with E-state index in [2.05, 4.69) is 14.9 Å². The van der Waals surface area contributed by atoms with Gasteiger partial charge in [0.05, 0.1) is 19.2 Å². The van der Waals surface area contributed by atoms with Gasteiger partial charge in [0.15, 0.2) is 18.1 Å². The highest BCUT2D eigenvalue weighted by Gasteiger charge is 2.24. The number of carbonyl (C=O) groups is 1. The van der Waals surface area contributed by atoms with Crippen LogP contribution in [0.1, 0.15) is 12.5 Å². The van der Waals surface area contributed by atoms with Gasteiger partial charge in [-0.05, 0) is 37.1 Å². The minimum Gasteiger partial charge on any atom is -0.493 e. The summed E-state index contributed by atoms with van der Waals surface area (Å²) in [5.41, 5.74) is 2.95. The summed E-state index contributed by atoms with van der Waals surface area (Å²) in [6.45, 7) is 2.64. The fourth-order valence-electron chi connectivity index (χ4n) is 3.45. The minimum absolute atomic E-state index is 0.203. The average molecular weight is 414 g/mol. The standard InChI is InChI=1S/C21H20ClN3O4/c1-3-28-20(26)11-29-19-10-16-15(9-18(19)27-2)21(24-12-23-16)25-7-6-13-4-5-14(22)8-17(13)25/h4-5,8-10,12H,3,6-7,11H2,1-2H3. The predicted octanol–water partition coefficient (Wildman–Crippen LogP) is 3.93. The molecule has 0 N–H and O–H groups in total. The van der Waals surface area contributed by atoms with E-state index in [0.29, 0.717) is 28.6 Å². The zero-order valence-corrected chi connectivity index (χ0v) is 16.9. The number of methoxy groups -OCH3 is 1. The van der Waals surface area contributed by atoms with Crippen molar-refractivity contribution in [3.8, 4) is 11.5 Å². The van der Waals surface area contributed by atoms with Crippen molar-refractivity contribution in [1.29, 1.82) is 0 Å². The monoisotopic (exact) mass is 413 g/mol. The van der Waals surface area contributed by atoms with Crippen LogP contribution < -0.4 is 14.4 Å². The van der Waals surface area contributed by atoms with Gasteiger partial charge in [-0.3, -0.25) is 0 Å². The van der Waals surface area contributed by atoms with Gasteiger partial charge in [-0.25, -0.2) is 14.8 Å². The van der Waals surface area contributed by atoms with Crippen LogP contribution in [0.25, 0.3) is 10.9 Å². The van der Waals surface area contributed by atoms with E-state index >= 15 is 0 Å². The number of halogens is 1. The van der Waals surface area contributed by atoms with Crippen LogP contribution >= 0.6 is 11.6 Å². The molecule has 0 saturated carbocycles. The second kappa shape index (κ2) is 8.13. The maximum absolute atomic E-state index is 11.6. The van der Waals surface area contributed by atoms with Crippen molar-refractivity contribution in [3.05, 3.63) is 47.2 Å². The molecule has 8 heteroatoms. The molecule has 4 rings (SSSR count). The van der Waals surface area contributed by atoms with E-state index in [0.717, 1.165) is 29.9 Å². The van der Waals surface area contributed by atoms with Crippen molar-refractivity contribution >= 4 is 40.0 Å². The summed E-state index contributed by atoms with van der Waals surface area (Å²) in [5.74, 6) is 1.24.